The van der Waals surface area contributed by atoms with Crippen molar-refractivity contribution in [2.75, 3.05) is 7.11 Å². The number of aliphatic hydroxyl groups is 1. The number of rotatable bonds is 6. The lowest BCUT2D eigenvalue weighted by Crippen LogP contribution is -2.41. The Labute approximate surface area is 152 Å². The van der Waals surface area contributed by atoms with Crippen molar-refractivity contribution < 1.29 is 19.0 Å². The van der Waals surface area contributed by atoms with Crippen molar-refractivity contribution in [1.82, 2.24) is 15.1 Å². The second-order valence-electron chi connectivity index (χ2n) is 6.69. The molecule has 3 rings (SSSR count). The Morgan fingerprint density at radius 3 is 2.77 bits per heavy atom. The number of aliphatic hydroxyl groups excluding tert-OH is 1. The normalized spacial score (nSPS) is 20.3. The van der Waals surface area contributed by atoms with Crippen molar-refractivity contribution in [3.05, 3.63) is 47.0 Å². The molecule has 6 nitrogen and oxygen atoms in total. The number of ether oxygens (including phenoxy) is 1. The van der Waals surface area contributed by atoms with E-state index in [9.17, 15) is 14.3 Å². The first kappa shape index (κ1) is 18.4. The van der Waals surface area contributed by atoms with Crippen LogP contribution in [0.4, 0.5) is 4.39 Å². The largest absolute Gasteiger partial charge is 0.494 e. The Morgan fingerprint density at radius 1 is 1.50 bits per heavy atom. The lowest BCUT2D eigenvalue weighted by Gasteiger charge is -2.38. The van der Waals surface area contributed by atoms with E-state index in [4.69, 9.17) is 4.74 Å². The first-order chi connectivity index (χ1) is 12.4. The molecule has 1 saturated carbocycles. The van der Waals surface area contributed by atoms with Gasteiger partial charge in [0.05, 0.1) is 31.0 Å². The SMILES string of the molecule is CCn1ncc(C(=O)NC(c2ccc(OC)c(F)c2)C2CC(O)C2)c1C. The maximum Gasteiger partial charge on any atom is 0.255 e. The molecule has 0 spiro atoms. The van der Waals surface area contributed by atoms with Crippen molar-refractivity contribution in [3.63, 3.8) is 0 Å². The molecule has 0 saturated heterocycles. The van der Waals surface area contributed by atoms with Gasteiger partial charge in [0.15, 0.2) is 11.6 Å². The third kappa shape index (κ3) is 3.44. The molecule has 1 aliphatic rings. The average Bonchev–Trinajstić information content (AvgIpc) is 2.97. The molecule has 0 aliphatic heterocycles. The van der Waals surface area contributed by atoms with Gasteiger partial charge >= 0.3 is 0 Å². The first-order valence-electron chi connectivity index (χ1n) is 8.79. The van der Waals surface area contributed by atoms with Crippen LogP contribution in [0.2, 0.25) is 0 Å². The summed E-state index contributed by atoms with van der Waals surface area (Å²) >= 11 is 0. The van der Waals surface area contributed by atoms with Crippen LogP contribution < -0.4 is 10.1 Å². The molecule has 1 amide bonds. The van der Waals surface area contributed by atoms with E-state index < -0.39 is 5.82 Å². The van der Waals surface area contributed by atoms with E-state index in [1.165, 1.54) is 13.2 Å². The number of amides is 1. The van der Waals surface area contributed by atoms with Gasteiger partial charge in [0.1, 0.15) is 0 Å². The van der Waals surface area contributed by atoms with Crippen LogP contribution in [-0.2, 0) is 6.54 Å². The van der Waals surface area contributed by atoms with Crippen LogP contribution >= 0.6 is 0 Å². The molecule has 2 N–H and O–H groups in total. The number of carbonyl (C=O) groups is 1. The number of aromatic nitrogens is 2. The molecule has 1 aliphatic carbocycles. The van der Waals surface area contributed by atoms with E-state index in [1.807, 2.05) is 13.8 Å². The summed E-state index contributed by atoms with van der Waals surface area (Å²) in [4.78, 5) is 12.8. The Morgan fingerprint density at radius 2 is 2.23 bits per heavy atom. The van der Waals surface area contributed by atoms with Gasteiger partial charge in [-0.2, -0.15) is 5.10 Å². The number of nitrogens with one attached hydrogen (secondary N) is 1. The number of nitrogens with zero attached hydrogens (tertiary/aromatic N) is 2. The van der Waals surface area contributed by atoms with Crippen LogP contribution in [0.5, 0.6) is 5.75 Å². The van der Waals surface area contributed by atoms with Gasteiger partial charge in [-0.3, -0.25) is 9.48 Å². The third-order valence-corrected chi connectivity index (χ3v) is 5.09. The minimum Gasteiger partial charge on any atom is -0.494 e. The highest BCUT2D eigenvalue weighted by Crippen LogP contribution is 2.39. The van der Waals surface area contributed by atoms with Gasteiger partial charge in [0, 0.05) is 12.2 Å². The number of benzene rings is 1. The molecular formula is C19H24FN3O3. The lowest BCUT2D eigenvalue weighted by molar-refractivity contribution is 0.0234. The number of hydrogen-bond acceptors (Lipinski definition) is 4. The van der Waals surface area contributed by atoms with Crippen molar-refractivity contribution in [3.8, 4) is 5.75 Å². The minimum atomic E-state index is -0.473. The molecule has 1 atom stereocenters. The summed E-state index contributed by atoms with van der Waals surface area (Å²) in [5.41, 5.74) is 1.96. The van der Waals surface area contributed by atoms with E-state index in [1.54, 1.807) is 23.0 Å². The number of methoxy groups -OCH3 is 1. The van der Waals surface area contributed by atoms with Crippen LogP contribution in [0.1, 0.15) is 47.4 Å². The number of halogens is 1. The predicted octanol–water partition coefficient (Wildman–Crippen LogP) is 2.60. The molecule has 2 aromatic rings. The second-order valence-corrected chi connectivity index (χ2v) is 6.69. The summed E-state index contributed by atoms with van der Waals surface area (Å²) in [6.45, 7) is 4.49. The fourth-order valence-corrected chi connectivity index (χ4v) is 3.46. The van der Waals surface area contributed by atoms with E-state index in [0.717, 1.165) is 5.69 Å². The Bertz CT molecular complexity index is 799. The zero-order valence-corrected chi connectivity index (χ0v) is 15.2. The van der Waals surface area contributed by atoms with Gasteiger partial charge in [-0.15, -0.1) is 0 Å². The average molecular weight is 361 g/mol. The minimum absolute atomic E-state index is 0.0586. The molecule has 0 radical (unpaired) electrons. The molecule has 1 unspecified atom stereocenters. The van der Waals surface area contributed by atoms with Gasteiger partial charge in [-0.1, -0.05) is 6.07 Å². The van der Waals surface area contributed by atoms with Crippen molar-refractivity contribution in [1.29, 1.82) is 0 Å². The quantitative estimate of drug-likeness (QED) is 0.829. The summed E-state index contributed by atoms with van der Waals surface area (Å²) in [5, 5.41) is 16.9. The predicted molar refractivity (Wildman–Crippen MR) is 94.5 cm³/mol. The molecule has 7 heteroatoms. The number of hydrogen-bond donors (Lipinski definition) is 2. The highest BCUT2D eigenvalue weighted by molar-refractivity contribution is 5.95. The van der Waals surface area contributed by atoms with Gasteiger partial charge in [0.2, 0.25) is 0 Å². The summed E-state index contributed by atoms with van der Waals surface area (Å²) in [6, 6.07) is 4.31. The molecule has 1 fully saturated rings. The van der Waals surface area contributed by atoms with Crippen molar-refractivity contribution in [2.45, 2.75) is 45.4 Å². The maximum absolute atomic E-state index is 14.1. The van der Waals surface area contributed by atoms with E-state index >= 15 is 0 Å². The zero-order valence-electron chi connectivity index (χ0n) is 15.2. The molecule has 1 aromatic carbocycles. The fraction of sp³-hybridized carbons (Fsp3) is 0.474. The monoisotopic (exact) mass is 361 g/mol. The highest BCUT2D eigenvalue weighted by atomic mass is 19.1. The van der Waals surface area contributed by atoms with Crippen molar-refractivity contribution >= 4 is 5.91 Å². The maximum atomic E-state index is 14.1. The van der Waals surface area contributed by atoms with Gasteiger partial charge < -0.3 is 15.2 Å². The molecule has 1 heterocycles. The van der Waals surface area contributed by atoms with Crippen LogP contribution in [-0.4, -0.2) is 34.0 Å². The Hall–Kier alpha value is -2.41. The van der Waals surface area contributed by atoms with Crippen LogP contribution in [0.25, 0.3) is 0 Å². The molecule has 26 heavy (non-hydrogen) atoms. The van der Waals surface area contributed by atoms with E-state index in [0.29, 0.717) is 30.5 Å². The number of aryl methyl sites for hydroxylation is 1. The Kier molecular flexibility index (Phi) is 5.27. The van der Waals surface area contributed by atoms with Gasteiger partial charge in [0.25, 0.3) is 5.91 Å². The van der Waals surface area contributed by atoms with Crippen LogP contribution in [0.3, 0.4) is 0 Å². The third-order valence-electron chi connectivity index (χ3n) is 5.09. The lowest BCUT2D eigenvalue weighted by atomic mass is 9.75. The molecular weight excluding hydrogens is 337 g/mol. The van der Waals surface area contributed by atoms with Gasteiger partial charge in [-0.25, -0.2) is 4.39 Å². The summed E-state index contributed by atoms with van der Waals surface area (Å²) in [6.07, 6.45) is 2.33. The standard InChI is InChI=1S/C19H24FN3O3/c1-4-23-11(2)15(10-21-23)19(25)22-18(13-7-14(24)8-13)12-5-6-17(26-3)16(20)9-12/h5-6,9-10,13-14,18,24H,4,7-8H2,1-3H3,(H,22,25). The Balaban J connectivity index is 1.86. The van der Waals surface area contributed by atoms with E-state index in [2.05, 4.69) is 10.4 Å². The van der Waals surface area contributed by atoms with Crippen molar-refractivity contribution in [2.24, 2.45) is 5.92 Å². The number of carbonyl (C=O) groups excluding carboxylic acids is 1. The second kappa shape index (κ2) is 7.45. The summed E-state index contributed by atoms with van der Waals surface area (Å²) in [5.74, 6) is -0.500. The van der Waals surface area contributed by atoms with E-state index in [-0.39, 0.29) is 29.7 Å². The van der Waals surface area contributed by atoms with Gasteiger partial charge in [-0.05, 0) is 50.3 Å². The summed E-state index contributed by atoms with van der Waals surface area (Å²) in [7, 11) is 1.41. The highest BCUT2D eigenvalue weighted by Gasteiger charge is 2.36. The smallest absolute Gasteiger partial charge is 0.255 e. The topological polar surface area (TPSA) is 76.4 Å². The zero-order chi connectivity index (χ0) is 18.8. The van der Waals surface area contributed by atoms with Crippen LogP contribution in [0.15, 0.2) is 24.4 Å². The van der Waals surface area contributed by atoms with Crippen LogP contribution in [0, 0.1) is 18.7 Å². The molecule has 0 bridgehead atoms. The molecule has 140 valence electrons. The first-order valence-corrected chi connectivity index (χ1v) is 8.79. The molecule has 1 aromatic heterocycles. The fourth-order valence-electron chi connectivity index (χ4n) is 3.46. The summed E-state index contributed by atoms with van der Waals surface area (Å²) < 4.78 is 20.9.